The molecular weight excluding hydrogens is 276 g/mol. The SMILES string of the molecule is CCOC(C)C(Cc1ccc(Br)s1)NN. The Kier molecular flexibility index (Phi) is 5.78. The largest absolute Gasteiger partial charge is 0.377 e. The molecular formula is C10H17BrN2OS. The standard InChI is InChI=1S/C10H17BrN2OS/c1-3-14-7(2)9(13-12)6-8-4-5-10(11)15-8/h4-5,7,9,13H,3,6,12H2,1-2H3. The van der Waals surface area contributed by atoms with Crippen LogP contribution in [0.2, 0.25) is 0 Å². The molecule has 1 rings (SSSR count). The quantitative estimate of drug-likeness (QED) is 0.625. The second-order valence-corrected chi connectivity index (χ2v) is 5.89. The lowest BCUT2D eigenvalue weighted by atomic mass is 10.1. The first-order chi connectivity index (χ1) is 7.17. The maximum absolute atomic E-state index is 5.52. The Morgan fingerprint density at radius 1 is 1.60 bits per heavy atom. The zero-order chi connectivity index (χ0) is 11.3. The van der Waals surface area contributed by atoms with Crippen molar-refractivity contribution in [1.29, 1.82) is 0 Å². The van der Waals surface area contributed by atoms with Crippen molar-refractivity contribution in [3.63, 3.8) is 0 Å². The average Bonchev–Trinajstić information content (AvgIpc) is 2.61. The summed E-state index contributed by atoms with van der Waals surface area (Å²) in [6.07, 6.45) is 1.02. The number of halogens is 1. The van der Waals surface area contributed by atoms with E-state index in [1.165, 1.54) is 4.88 Å². The van der Waals surface area contributed by atoms with Crippen LogP contribution in [0.15, 0.2) is 15.9 Å². The van der Waals surface area contributed by atoms with Crippen LogP contribution in [-0.4, -0.2) is 18.8 Å². The highest BCUT2D eigenvalue weighted by Gasteiger charge is 2.17. The Bertz CT molecular complexity index is 293. The minimum absolute atomic E-state index is 0.126. The second kappa shape index (κ2) is 6.60. The molecule has 2 unspecified atom stereocenters. The van der Waals surface area contributed by atoms with E-state index in [0.717, 1.165) is 10.2 Å². The highest BCUT2D eigenvalue weighted by Crippen LogP contribution is 2.23. The summed E-state index contributed by atoms with van der Waals surface area (Å²) in [5.74, 6) is 5.52. The molecule has 0 amide bonds. The third-order valence-corrected chi connectivity index (χ3v) is 3.91. The summed E-state index contributed by atoms with van der Waals surface area (Å²) in [7, 11) is 0. The van der Waals surface area contributed by atoms with Crippen LogP contribution in [0.1, 0.15) is 18.7 Å². The van der Waals surface area contributed by atoms with E-state index >= 15 is 0 Å². The molecule has 0 spiro atoms. The van der Waals surface area contributed by atoms with Crippen molar-refractivity contribution >= 4 is 27.3 Å². The highest BCUT2D eigenvalue weighted by molar-refractivity contribution is 9.11. The second-order valence-electron chi connectivity index (χ2n) is 3.34. The van der Waals surface area contributed by atoms with Gasteiger partial charge in [0.05, 0.1) is 15.9 Å². The molecule has 0 saturated carbocycles. The lowest BCUT2D eigenvalue weighted by molar-refractivity contribution is 0.0478. The molecule has 3 nitrogen and oxygen atoms in total. The molecule has 15 heavy (non-hydrogen) atoms. The zero-order valence-electron chi connectivity index (χ0n) is 9.00. The fourth-order valence-corrected chi connectivity index (χ4v) is 2.96. The molecule has 0 aliphatic carbocycles. The Morgan fingerprint density at radius 2 is 2.33 bits per heavy atom. The van der Waals surface area contributed by atoms with Gasteiger partial charge in [-0.1, -0.05) is 0 Å². The van der Waals surface area contributed by atoms with Crippen molar-refractivity contribution in [3.8, 4) is 0 Å². The van der Waals surface area contributed by atoms with Gasteiger partial charge in [-0.05, 0) is 41.9 Å². The van der Waals surface area contributed by atoms with E-state index in [0.29, 0.717) is 6.61 Å². The van der Waals surface area contributed by atoms with E-state index in [1.807, 2.05) is 13.8 Å². The minimum Gasteiger partial charge on any atom is -0.377 e. The lowest BCUT2D eigenvalue weighted by Gasteiger charge is -2.22. The van der Waals surface area contributed by atoms with Gasteiger partial charge in [0.15, 0.2) is 0 Å². The van der Waals surface area contributed by atoms with Crippen molar-refractivity contribution in [3.05, 3.63) is 20.8 Å². The minimum atomic E-state index is 0.126. The molecule has 86 valence electrons. The number of nitrogens with two attached hydrogens (primary N) is 1. The maximum atomic E-state index is 5.52. The van der Waals surface area contributed by atoms with Gasteiger partial charge in [0.25, 0.3) is 0 Å². The maximum Gasteiger partial charge on any atom is 0.0716 e. The predicted molar refractivity (Wildman–Crippen MR) is 67.9 cm³/mol. The number of rotatable bonds is 6. The van der Waals surface area contributed by atoms with E-state index in [4.69, 9.17) is 10.6 Å². The fraction of sp³-hybridized carbons (Fsp3) is 0.600. The summed E-state index contributed by atoms with van der Waals surface area (Å²) in [4.78, 5) is 1.30. The summed E-state index contributed by atoms with van der Waals surface area (Å²) in [5.41, 5.74) is 2.81. The van der Waals surface area contributed by atoms with Crippen LogP contribution < -0.4 is 11.3 Å². The summed E-state index contributed by atoms with van der Waals surface area (Å²) < 4.78 is 6.67. The molecule has 0 aromatic carbocycles. The normalized spacial score (nSPS) is 15.2. The number of ether oxygens (including phenoxy) is 1. The van der Waals surface area contributed by atoms with E-state index in [-0.39, 0.29) is 12.1 Å². The Hall–Kier alpha value is 0.0600. The number of hydrogen-bond acceptors (Lipinski definition) is 4. The lowest BCUT2D eigenvalue weighted by Crippen LogP contribution is -2.45. The van der Waals surface area contributed by atoms with Crippen molar-refractivity contribution < 1.29 is 4.74 Å². The molecule has 5 heteroatoms. The van der Waals surface area contributed by atoms with Crippen LogP contribution in [0.4, 0.5) is 0 Å². The van der Waals surface area contributed by atoms with E-state index < -0.39 is 0 Å². The van der Waals surface area contributed by atoms with Crippen LogP contribution in [0.3, 0.4) is 0 Å². The van der Waals surface area contributed by atoms with Crippen molar-refractivity contribution in [2.45, 2.75) is 32.4 Å². The molecule has 1 aromatic rings. The summed E-state index contributed by atoms with van der Waals surface area (Å²) in [6.45, 7) is 4.75. The Labute approximate surface area is 103 Å². The van der Waals surface area contributed by atoms with E-state index in [2.05, 4.69) is 33.5 Å². The summed E-state index contributed by atoms with van der Waals surface area (Å²) >= 11 is 5.18. The van der Waals surface area contributed by atoms with Crippen LogP contribution in [0.25, 0.3) is 0 Å². The van der Waals surface area contributed by atoms with Crippen LogP contribution in [0.5, 0.6) is 0 Å². The third-order valence-electron chi connectivity index (χ3n) is 2.26. The van der Waals surface area contributed by atoms with Gasteiger partial charge in [-0.15, -0.1) is 11.3 Å². The summed E-state index contributed by atoms with van der Waals surface area (Å²) in [5, 5.41) is 0. The molecule has 0 aliphatic rings. The van der Waals surface area contributed by atoms with Crippen molar-refractivity contribution in [1.82, 2.24) is 5.43 Å². The number of hydrogen-bond donors (Lipinski definition) is 2. The number of hydrazine groups is 1. The predicted octanol–water partition coefficient (Wildman–Crippen LogP) is 2.31. The molecule has 1 heterocycles. The molecule has 0 radical (unpaired) electrons. The average molecular weight is 293 g/mol. The molecule has 1 aromatic heterocycles. The highest BCUT2D eigenvalue weighted by atomic mass is 79.9. The van der Waals surface area contributed by atoms with Gasteiger partial charge in [0.1, 0.15) is 0 Å². The van der Waals surface area contributed by atoms with Crippen LogP contribution in [-0.2, 0) is 11.2 Å². The van der Waals surface area contributed by atoms with Gasteiger partial charge in [0, 0.05) is 17.9 Å². The topological polar surface area (TPSA) is 47.3 Å². The number of nitrogens with one attached hydrogen (secondary N) is 1. The van der Waals surface area contributed by atoms with Crippen molar-refractivity contribution in [2.75, 3.05) is 6.61 Å². The van der Waals surface area contributed by atoms with Gasteiger partial charge >= 0.3 is 0 Å². The van der Waals surface area contributed by atoms with Gasteiger partial charge < -0.3 is 4.74 Å². The molecule has 2 atom stereocenters. The van der Waals surface area contributed by atoms with Gasteiger partial charge in [0.2, 0.25) is 0 Å². The first-order valence-corrected chi connectivity index (χ1v) is 6.60. The van der Waals surface area contributed by atoms with E-state index in [9.17, 15) is 0 Å². The smallest absolute Gasteiger partial charge is 0.0716 e. The monoisotopic (exact) mass is 292 g/mol. The Morgan fingerprint density at radius 3 is 2.80 bits per heavy atom. The molecule has 0 saturated heterocycles. The van der Waals surface area contributed by atoms with Gasteiger partial charge in [-0.2, -0.15) is 0 Å². The molecule has 0 aliphatic heterocycles. The third kappa shape index (κ3) is 4.20. The van der Waals surface area contributed by atoms with Crippen LogP contribution >= 0.6 is 27.3 Å². The van der Waals surface area contributed by atoms with Crippen LogP contribution in [0, 0.1) is 0 Å². The van der Waals surface area contributed by atoms with Gasteiger partial charge in [-0.3, -0.25) is 11.3 Å². The first-order valence-electron chi connectivity index (χ1n) is 4.99. The first kappa shape index (κ1) is 13.1. The Balaban J connectivity index is 2.53. The molecule has 3 N–H and O–H groups in total. The van der Waals surface area contributed by atoms with Gasteiger partial charge in [-0.25, -0.2) is 0 Å². The van der Waals surface area contributed by atoms with E-state index in [1.54, 1.807) is 11.3 Å². The van der Waals surface area contributed by atoms with Crippen molar-refractivity contribution in [2.24, 2.45) is 5.84 Å². The molecule has 0 bridgehead atoms. The zero-order valence-corrected chi connectivity index (χ0v) is 11.4. The number of thiophene rings is 1. The molecule has 0 fully saturated rings. The fourth-order valence-electron chi connectivity index (χ4n) is 1.42. The summed E-state index contributed by atoms with van der Waals surface area (Å²) in [6, 6.07) is 4.33.